The second-order valence-corrected chi connectivity index (χ2v) is 3.85. The molecule has 0 spiro atoms. The SMILES string of the molecule is O=C(O)CCc1ccc(OC2CC2)cc1. The van der Waals surface area contributed by atoms with Crippen LogP contribution in [-0.4, -0.2) is 17.2 Å². The van der Waals surface area contributed by atoms with E-state index in [0.29, 0.717) is 12.5 Å². The summed E-state index contributed by atoms with van der Waals surface area (Å²) in [5, 5.41) is 8.53. The quantitative estimate of drug-likeness (QED) is 0.803. The largest absolute Gasteiger partial charge is 0.490 e. The van der Waals surface area contributed by atoms with Crippen LogP contribution in [0.2, 0.25) is 0 Å². The lowest BCUT2D eigenvalue weighted by Crippen LogP contribution is -1.98. The van der Waals surface area contributed by atoms with Crippen molar-refractivity contribution in [2.45, 2.75) is 31.8 Å². The molecule has 0 saturated heterocycles. The Morgan fingerprint density at radius 3 is 2.53 bits per heavy atom. The Kier molecular flexibility index (Phi) is 2.90. The van der Waals surface area contributed by atoms with Gasteiger partial charge >= 0.3 is 5.97 Å². The first-order valence-corrected chi connectivity index (χ1v) is 5.21. The van der Waals surface area contributed by atoms with Crippen molar-refractivity contribution < 1.29 is 14.6 Å². The summed E-state index contributed by atoms with van der Waals surface area (Å²) in [4.78, 5) is 10.4. The minimum atomic E-state index is -0.756. The zero-order chi connectivity index (χ0) is 10.7. The first-order chi connectivity index (χ1) is 7.24. The van der Waals surface area contributed by atoms with Gasteiger partial charge in [0.25, 0.3) is 0 Å². The first-order valence-electron chi connectivity index (χ1n) is 5.21. The normalized spacial score (nSPS) is 14.9. The summed E-state index contributed by atoms with van der Waals surface area (Å²) in [6, 6.07) is 7.69. The summed E-state index contributed by atoms with van der Waals surface area (Å²) in [6.45, 7) is 0. The molecular formula is C12H14O3. The predicted molar refractivity (Wildman–Crippen MR) is 56.0 cm³/mol. The van der Waals surface area contributed by atoms with E-state index in [4.69, 9.17) is 9.84 Å². The number of aryl methyl sites for hydroxylation is 1. The molecule has 0 heterocycles. The van der Waals surface area contributed by atoms with Crippen molar-refractivity contribution in [1.29, 1.82) is 0 Å². The lowest BCUT2D eigenvalue weighted by molar-refractivity contribution is -0.136. The molecular weight excluding hydrogens is 192 g/mol. The summed E-state index contributed by atoms with van der Waals surface area (Å²) in [7, 11) is 0. The smallest absolute Gasteiger partial charge is 0.303 e. The molecule has 1 aliphatic carbocycles. The fourth-order valence-corrected chi connectivity index (χ4v) is 1.36. The van der Waals surface area contributed by atoms with Gasteiger partial charge in [-0.15, -0.1) is 0 Å². The molecule has 0 bridgehead atoms. The zero-order valence-corrected chi connectivity index (χ0v) is 8.48. The minimum absolute atomic E-state index is 0.183. The van der Waals surface area contributed by atoms with Crippen LogP contribution in [-0.2, 0) is 11.2 Å². The molecule has 0 amide bonds. The highest BCUT2D eigenvalue weighted by Crippen LogP contribution is 2.26. The van der Waals surface area contributed by atoms with Crippen molar-refractivity contribution >= 4 is 5.97 Å². The number of carboxylic acid groups (broad SMARTS) is 1. The highest BCUT2D eigenvalue weighted by atomic mass is 16.5. The van der Waals surface area contributed by atoms with Crippen LogP contribution in [0.5, 0.6) is 5.75 Å². The Hall–Kier alpha value is -1.51. The molecule has 3 nitrogen and oxygen atoms in total. The van der Waals surface area contributed by atoms with Crippen LogP contribution in [0.15, 0.2) is 24.3 Å². The number of benzene rings is 1. The van der Waals surface area contributed by atoms with E-state index in [1.54, 1.807) is 0 Å². The summed E-state index contributed by atoms with van der Waals surface area (Å²) in [5.41, 5.74) is 1.04. The fraction of sp³-hybridized carbons (Fsp3) is 0.417. The van der Waals surface area contributed by atoms with E-state index < -0.39 is 5.97 Å². The van der Waals surface area contributed by atoms with Gasteiger partial charge in [0.15, 0.2) is 0 Å². The maximum atomic E-state index is 10.4. The molecule has 15 heavy (non-hydrogen) atoms. The highest BCUT2D eigenvalue weighted by Gasteiger charge is 2.23. The van der Waals surface area contributed by atoms with Gasteiger partial charge in [0, 0.05) is 6.42 Å². The number of carbonyl (C=O) groups is 1. The van der Waals surface area contributed by atoms with E-state index in [0.717, 1.165) is 24.2 Å². The van der Waals surface area contributed by atoms with Gasteiger partial charge in [0.2, 0.25) is 0 Å². The molecule has 0 radical (unpaired) electrons. The van der Waals surface area contributed by atoms with Gasteiger partial charge in [0.1, 0.15) is 5.75 Å². The van der Waals surface area contributed by atoms with Gasteiger partial charge in [0.05, 0.1) is 6.10 Å². The molecule has 1 aromatic rings. The van der Waals surface area contributed by atoms with Gasteiger partial charge in [-0.2, -0.15) is 0 Å². The topological polar surface area (TPSA) is 46.5 Å². The molecule has 1 N–H and O–H groups in total. The van der Waals surface area contributed by atoms with Gasteiger partial charge < -0.3 is 9.84 Å². The van der Waals surface area contributed by atoms with Crippen LogP contribution in [0.4, 0.5) is 0 Å². The lowest BCUT2D eigenvalue weighted by Gasteiger charge is -2.04. The van der Waals surface area contributed by atoms with Crippen molar-refractivity contribution in [3.05, 3.63) is 29.8 Å². The van der Waals surface area contributed by atoms with Crippen molar-refractivity contribution in [2.24, 2.45) is 0 Å². The second-order valence-electron chi connectivity index (χ2n) is 3.85. The molecule has 2 rings (SSSR count). The molecule has 1 aromatic carbocycles. The van der Waals surface area contributed by atoms with E-state index >= 15 is 0 Å². The zero-order valence-electron chi connectivity index (χ0n) is 8.48. The third kappa shape index (κ3) is 3.27. The number of carboxylic acids is 1. The van der Waals surface area contributed by atoms with Gasteiger partial charge in [-0.3, -0.25) is 4.79 Å². The lowest BCUT2D eigenvalue weighted by atomic mass is 10.1. The maximum Gasteiger partial charge on any atom is 0.303 e. The van der Waals surface area contributed by atoms with Crippen LogP contribution in [0.3, 0.4) is 0 Å². The second kappa shape index (κ2) is 4.34. The van der Waals surface area contributed by atoms with E-state index in [9.17, 15) is 4.79 Å². The molecule has 1 saturated carbocycles. The number of hydrogen-bond donors (Lipinski definition) is 1. The Balaban J connectivity index is 1.87. The van der Waals surface area contributed by atoms with E-state index in [-0.39, 0.29) is 6.42 Å². The number of hydrogen-bond acceptors (Lipinski definition) is 2. The van der Waals surface area contributed by atoms with E-state index in [1.807, 2.05) is 24.3 Å². The van der Waals surface area contributed by atoms with Crippen LogP contribution < -0.4 is 4.74 Å². The van der Waals surface area contributed by atoms with Gasteiger partial charge in [-0.05, 0) is 37.0 Å². The first kappa shape index (κ1) is 10.0. The monoisotopic (exact) mass is 206 g/mol. The van der Waals surface area contributed by atoms with Crippen molar-refractivity contribution in [3.8, 4) is 5.75 Å². The fourth-order valence-electron chi connectivity index (χ4n) is 1.36. The minimum Gasteiger partial charge on any atom is -0.490 e. The molecule has 1 aliphatic rings. The number of ether oxygens (including phenoxy) is 1. The number of aliphatic carboxylic acids is 1. The molecule has 0 unspecified atom stereocenters. The van der Waals surface area contributed by atoms with Crippen molar-refractivity contribution in [1.82, 2.24) is 0 Å². The van der Waals surface area contributed by atoms with Crippen LogP contribution in [0.25, 0.3) is 0 Å². The molecule has 3 heteroatoms. The Bertz CT molecular complexity index is 338. The predicted octanol–water partition coefficient (Wildman–Crippen LogP) is 2.25. The third-order valence-corrected chi connectivity index (χ3v) is 2.38. The number of rotatable bonds is 5. The average Bonchev–Trinajstić information content (AvgIpc) is 3.01. The molecule has 0 atom stereocenters. The summed E-state index contributed by atoms with van der Waals surface area (Å²) in [5.74, 6) is 0.130. The summed E-state index contributed by atoms with van der Waals surface area (Å²) in [6.07, 6.45) is 3.48. The summed E-state index contributed by atoms with van der Waals surface area (Å²) < 4.78 is 5.59. The van der Waals surface area contributed by atoms with E-state index in [1.165, 1.54) is 0 Å². The molecule has 0 aromatic heterocycles. The molecule has 0 aliphatic heterocycles. The Morgan fingerprint density at radius 1 is 1.33 bits per heavy atom. The molecule has 80 valence electrons. The van der Waals surface area contributed by atoms with Gasteiger partial charge in [-0.1, -0.05) is 12.1 Å². The van der Waals surface area contributed by atoms with Gasteiger partial charge in [-0.25, -0.2) is 0 Å². The summed E-state index contributed by atoms with van der Waals surface area (Å²) >= 11 is 0. The maximum absolute atomic E-state index is 10.4. The van der Waals surface area contributed by atoms with Crippen molar-refractivity contribution in [3.63, 3.8) is 0 Å². The average molecular weight is 206 g/mol. The standard InChI is InChI=1S/C12H14O3/c13-12(14)8-3-9-1-4-10(5-2-9)15-11-6-7-11/h1-2,4-5,11H,3,6-8H2,(H,13,14). The molecule has 1 fully saturated rings. The van der Waals surface area contributed by atoms with Crippen LogP contribution >= 0.6 is 0 Å². The third-order valence-electron chi connectivity index (χ3n) is 2.38. The highest BCUT2D eigenvalue weighted by molar-refractivity contribution is 5.67. The van der Waals surface area contributed by atoms with Crippen molar-refractivity contribution in [2.75, 3.05) is 0 Å². The van der Waals surface area contributed by atoms with Crippen LogP contribution in [0.1, 0.15) is 24.8 Å². The Morgan fingerprint density at radius 2 is 2.00 bits per heavy atom. The van der Waals surface area contributed by atoms with E-state index in [2.05, 4.69) is 0 Å². The Labute approximate surface area is 88.7 Å². The van der Waals surface area contributed by atoms with Crippen LogP contribution in [0, 0.1) is 0 Å².